The lowest BCUT2D eigenvalue weighted by Crippen LogP contribution is -2.52. The van der Waals surface area contributed by atoms with Crippen molar-refractivity contribution in [2.24, 2.45) is 0 Å². The summed E-state index contributed by atoms with van der Waals surface area (Å²) < 4.78 is 17.6. The number of piperidine rings is 1. The number of carbonyl (C=O) groups excluding carboxylic acids is 1. The maximum atomic E-state index is 12.0. The second-order valence-electron chi connectivity index (χ2n) is 7.81. The number of fused-ring (bicyclic) bond motifs is 2. The summed E-state index contributed by atoms with van der Waals surface area (Å²) in [6, 6.07) is 14.0. The first-order chi connectivity index (χ1) is 15.1. The summed E-state index contributed by atoms with van der Waals surface area (Å²) in [6.07, 6.45) is 2.68. The summed E-state index contributed by atoms with van der Waals surface area (Å²) in [5.74, 6) is 0.122. The van der Waals surface area contributed by atoms with Gasteiger partial charge in [-0.25, -0.2) is 4.79 Å². The molecule has 0 saturated carbocycles. The lowest BCUT2D eigenvalue weighted by Gasteiger charge is -2.43. The highest BCUT2D eigenvalue weighted by Gasteiger charge is 2.42. The van der Waals surface area contributed by atoms with Crippen LogP contribution < -0.4 is 4.74 Å². The van der Waals surface area contributed by atoms with Gasteiger partial charge in [0, 0.05) is 48.6 Å². The Hall–Kier alpha value is -2.83. The molecule has 1 saturated heterocycles. The van der Waals surface area contributed by atoms with Gasteiger partial charge in [-0.1, -0.05) is 35.9 Å². The summed E-state index contributed by atoms with van der Waals surface area (Å²) in [7, 11) is 0. The highest BCUT2D eigenvalue weighted by molar-refractivity contribution is 6.37. The van der Waals surface area contributed by atoms with E-state index < -0.39 is 5.79 Å². The molecule has 2 aromatic carbocycles. The van der Waals surface area contributed by atoms with Gasteiger partial charge in [0.15, 0.2) is 0 Å². The van der Waals surface area contributed by atoms with E-state index in [0.29, 0.717) is 44.2 Å². The predicted octanol–water partition coefficient (Wildman–Crippen LogP) is 5.41. The van der Waals surface area contributed by atoms with Gasteiger partial charge in [-0.3, -0.25) is 4.98 Å². The van der Waals surface area contributed by atoms with Crippen LogP contribution in [-0.4, -0.2) is 41.5 Å². The van der Waals surface area contributed by atoms with Crippen LogP contribution in [0, 0.1) is 0 Å². The molecule has 1 aromatic heterocycles. The number of nitrogens with zero attached hydrogens (tertiary/aromatic N) is 2. The summed E-state index contributed by atoms with van der Waals surface area (Å²) in [5.41, 5.74) is 3.70. The maximum Gasteiger partial charge on any atom is 0.409 e. The molecule has 1 fully saturated rings. The van der Waals surface area contributed by atoms with Crippen molar-refractivity contribution in [3.05, 3.63) is 59.2 Å². The minimum Gasteiger partial charge on any atom is -0.462 e. The SMILES string of the molecule is CCOC(=O)N1CCC2(CC1)OCc1cc(-c3ccc4cccnc4c3Cl)ccc1O2. The lowest BCUT2D eigenvalue weighted by molar-refractivity contribution is -0.226. The molecule has 0 N–H and O–H groups in total. The highest BCUT2D eigenvalue weighted by atomic mass is 35.5. The van der Waals surface area contributed by atoms with Gasteiger partial charge >= 0.3 is 6.09 Å². The molecule has 1 amide bonds. The zero-order valence-electron chi connectivity index (χ0n) is 17.3. The van der Waals surface area contributed by atoms with Crippen LogP contribution in [0.15, 0.2) is 48.7 Å². The molecule has 0 unspecified atom stereocenters. The first-order valence-corrected chi connectivity index (χ1v) is 10.9. The van der Waals surface area contributed by atoms with Crippen molar-refractivity contribution in [2.45, 2.75) is 32.2 Å². The van der Waals surface area contributed by atoms with Crippen LogP contribution in [-0.2, 0) is 16.1 Å². The second-order valence-corrected chi connectivity index (χ2v) is 8.19. The third kappa shape index (κ3) is 3.70. The van der Waals surface area contributed by atoms with Gasteiger partial charge in [-0.05, 0) is 30.7 Å². The van der Waals surface area contributed by atoms with E-state index >= 15 is 0 Å². The third-order valence-corrected chi connectivity index (χ3v) is 6.30. The fourth-order valence-electron chi connectivity index (χ4n) is 4.22. The van der Waals surface area contributed by atoms with Crippen LogP contribution in [0.3, 0.4) is 0 Å². The Morgan fingerprint density at radius 2 is 2.06 bits per heavy atom. The molecule has 3 aromatic rings. The number of ether oxygens (including phenoxy) is 3. The number of benzene rings is 2. The minimum absolute atomic E-state index is 0.278. The molecule has 7 heteroatoms. The molecule has 160 valence electrons. The number of hydrogen-bond acceptors (Lipinski definition) is 5. The number of amides is 1. The van der Waals surface area contributed by atoms with Crippen molar-refractivity contribution in [1.82, 2.24) is 9.88 Å². The summed E-state index contributed by atoms with van der Waals surface area (Å²) in [5, 5.41) is 1.65. The van der Waals surface area contributed by atoms with Crippen LogP contribution in [0.2, 0.25) is 5.02 Å². The standard InChI is InChI=1S/C24H23ClN2O4/c1-2-29-23(28)27-12-9-24(10-13-27)30-15-18-14-17(6-8-20(18)31-24)19-7-5-16-4-3-11-26-22(16)21(19)25/h3-8,11,14H,2,9-10,12-13,15H2,1H3. The molecule has 0 aliphatic carbocycles. The first kappa shape index (κ1) is 20.1. The molecule has 2 aliphatic heterocycles. The third-order valence-electron chi connectivity index (χ3n) is 5.92. The average Bonchev–Trinajstić information content (AvgIpc) is 2.80. The number of rotatable bonds is 2. The number of hydrogen-bond donors (Lipinski definition) is 0. The van der Waals surface area contributed by atoms with E-state index in [0.717, 1.165) is 33.3 Å². The molecule has 0 radical (unpaired) electrons. The monoisotopic (exact) mass is 438 g/mol. The average molecular weight is 439 g/mol. The lowest BCUT2D eigenvalue weighted by atomic mass is 9.98. The van der Waals surface area contributed by atoms with Crippen molar-refractivity contribution in [3.8, 4) is 16.9 Å². The van der Waals surface area contributed by atoms with Crippen LogP contribution in [0.4, 0.5) is 4.79 Å². The molecule has 0 atom stereocenters. The topological polar surface area (TPSA) is 60.9 Å². The quantitative estimate of drug-likeness (QED) is 0.535. The van der Waals surface area contributed by atoms with Gasteiger partial charge in [0.1, 0.15) is 5.75 Å². The molecule has 31 heavy (non-hydrogen) atoms. The molecule has 5 rings (SSSR count). The van der Waals surface area contributed by atoms with Crippen LogP contribution in [0.25, 0.3) is 22.0 Å². The van der Waals surface area contributed by atoms with E-state index in [2.05, 4.69) is 11.1 Å². The van der Waals surface area contributed by atoms with Gasteiger partial charge in [-0.15, -0.1) is 0 Å². The Bertz CT molecular complexity index is 1140. The van der Waals surface area contributed by atoms with Crippen molar-refractivity contribution < 1.29 is 19.0 Å². The molecular formula is C24H23ClN2O4. The summed E-state index contributed by atoms with van der Waals surface area (Å²) in [4.78, 5) is 18.1. The Kier molecular flexibility index (Phi) is 5.20. The van der Waals surface area contributed by atoms with Crippen LogP contribution in [0.5, 0.6) is 5.75 Å². The number of carbonyl (C=O) groups is 1. The molecule has 1 spiro atoms. The molecule has 0 bridgehead atoms. The first-order valence-electron chi connectivity index (χ1n) is 10.5. The van der Waals surface area contributed by atoms with Crippen LogP contribution in [0.1, 0.15) is 25.3 Å². The zero-order valence-corrected chi connectivity index (χ0v) is 18.0. The normalized spacial score (nSPS) is 17.3. The summed E-state index contributed by atoms with van der Waals surface area (Å²) >= 11 is 6.67. The molecule has 3 heterocycles. The predicted molar refractivity (Wildman–Crippen MR) is 118 cm³/mol. The van der Waals surface area contributed by atoms with Crippen LogP contribution >= 0.6 is 11.6 Å². The summed E-state index contributed by atoms with van der Waals surface area (Å²) in [6.45, 7) is 3.73. The number of pyridine rings is 1. The van der Waals surface area contributed by atoms with E-state index in [1.807, 2.05) is 43.3 Å². The van der Waals surface area contributed by atoms with Crippen molar-refractivity contribution in [3.63, 3.8) is 0 Å². The Labute approximate surface area is 185 Å². The van der Waals surface area contributed by atoms with Gasteiger partial charge in [-0.2, -0.15) is 0 Å². The smallest absolute Gasteiger partial charge is 0.409 e. The molecule has 2 aliphatic rings. The Balaban J connectivity index is 1.36. The van der Waals surface area contributed by atoms with E-state index in [4.69, 9.17) is 25.8 Å². The second kappa shape index (κ2) is 8.02. The van der Waals surface area contributed by atoms with E-state index in [1.54, 1.807) is 11.1 Å². The zero-order chi connectivity index (χ0) is 21.4. The van der Waals surface area contributed by atoms with Gasteiger partial charge in [0.25, 0.3) is 0 Å². The largest absolute Gasteiger partial charge is 0.462 e. The van der Waals surface area contributed by atoms with Gasteiger partial charge in [0.05, 0.1) is 23.8 Å². The Morgan fingerprint density at radius 3 is 2.87 bits per heavy atom. The number of likely N-dealkylation sites (tertiary alicyclic amines) is 1. The number of halogens is 1. The maximum absolute atomic E-state index is 12.0. The minimum atomic E-state index is -0.692. The van der Waals surface area contributed by atoms with Crippen molar-refractivity contribution in [2.75, 3.05) is 19.7 Å². The van der Waals surface area contributed by atoms with E-state index in [1.165, 1.54) is 0 Å². The Morgan fingerprint density at radius 1 is 1.23 bits per heavy atom. The fourth-order valence-corrected chi connectivity index (χ4v) is 4.55. The van der Waals surface area contributed by atoms with Crippen molar-refractivity contribution >= 4 is 28.6 Å². The van der Waals surface area contributed by atoms with Crippen molar-refractivity contribution in [1.29, 1.82) is 0 Å². The fraction of sp³-hybridized carbons (Fsp3) is 0.333. The highest BCUT2D eigenvalue weighted by Crippen LogP contribution is 2.41. The number of aromatic nitrogens is 1. The van der Waals surface area contributed by atoms with Gasteiger partial charge < -0.3 is 19.1 Å². The van der Waals surface area contributed by atoms with E-state index in [-0.39, 0.29) is 6.09 Å². The van der Waals surface area contributed by atoms with Gasteiger partial charge in [0.2, 0.25) is 5.79 Å². The molecular weight excluding hydrogens is 416 g/mol. The van der Waals surface area contributed by atoms with E-state index in [9.17, 15) is 4.79 Å². The molecule has 6 nitrogen and oxygen atoms in total.